The second kappa shape index (κ2) is 12.6. The molecule has 0 aliphatic carbocycles. The Bertz CT molecular complexity index is 297. The third-order valence-corrected chi connectivity index (χ3v) is 3.58. The third-order valence-electron chi connectivity index (χ3n) is 3.58. The molecule has 0 spiro atoms. The van der Waals surface area contributed by atoms with Crippen molar-refractivity contribution in [2.45, 2.75) is 64.3 Å². The van der Waals surface area contributed by atoms with Crippen LogP contribution < -0.4 is 11.1 Å². The fourth-order valence-electron chi connectivity index (χ4n) is 2.14. The van der Waals surface area contributed by atoms with E-state index in [1.54, 1.807) is 0 Å². The average molecular weight is 302 g/mol. The largest absolute Gasteiger partial charge is 0.481 e. The summed E-state index contributed by atoms with van der Waals surface area (Å²) in [7, 11) is 0. The van der Waals surface area contributed by atoms with Crippen molar-refractivity contribution >= 4 is 11.9 Å². The lowest BCUT2D eigenvalue weighted by Crippen LogP contribution is -2.31. The maximum Gasteiger partial charge on any atom is 0.320 e. The molecule has 6 heteroatoms. The SMILES string of the molecule is CCCCCCC(CNCCCCC(N)C(=O)O)C(=O)O. The van der Waals surface area contributed by atoms with Crippen molar-refractivity contribution in [1.29, 1.82) is 0 Å². The highest BCUT2D eigenvalue weighted by Gasteiger charge is 2.16. The molecule has 2 atom stereocenters. The van der Waals surface area contributed by atoms with Gasteiger partial charge in [-0.25, -0.2) is 0 Å². The van der Waals surface area contributed by atoms with Crippen LogP contribution in [0.3, 0.4) is 0 Å². The van der Waals surface area contributed by atoms with Crippen LogP contribution in [0.1, 0.15) is 58.3 Å². The molecule has 0 saturated carbocycles. The van der Waals surface area contributed by atoms with Gasteiger partial charge < -0.3 is 21.3 Å². The first-order chi connectivity index (χ1) is 9.99. The van der Waals surface area contributed by atoms with Crippen LogP contribution in [-0.2, 0) is 9.59 Å². The number of rotatable bonds is 14. The number of aliphatic carboxylic acids is 2. The number of hydrogen-bond donors (Lipinski definition) is 4. The minimum absolute atomic E-state index is 0.330. The molecule has 124 valence electrons. The van der Waals surface area contributed by atoms with Crippen molar-refractivity contribution in [2.24, 2.45) is 11.7 Å². The van der Waals surface area contributed by atoms with Crippen molar-refractivity contribution in [3.63, 3.8) is 0 Å². The molecule has 0 aromatic carbocycles. The van der Waals surface area contributed by atoms with E-state index < -0.39 is 18.0 Å². The lowest BCUT2D eigenvalue weighted by atomic mass is 10.0. The van der Waals surface area contributed by atoms with E-state index in [0.717, 1.165) is 38.5 Å². The van der Waals surface area contributed by atoms with Gasteiger partial charge in [-0.1, -0.05) is 39.0 Å². The molecule has 0 fully saturated rings. The minimum Gasteiger partial charge on any atom is -0.481 e. The van der Waals surface area contributed by atoms with Gasteiger partial charge in [-0.15, -0.1) is 0 Å². The van der Waals surface area contributed by atoms with Gasteiger partial charge in [0.1, 0.15) is 6.04 Å². The molecule has 21 heavy (non-hydrogen) atoms. The predicted octanol–water partition coefficient (Wildman–Crippen LogP) is 1.83. The van der Waals surface area contributed by atoms with Gasteiger partial charge in [0.15, 0.2) is 0 Å². The highest BCUT2D eigenvalue weighted by Crippen LogP contribution is 2.11. The van der Waals surface area contributed by atoms with Crippen molar-refractivity contribution in [1.82, 2.24) is 5.32 Å². The summed E-state index contributed by atoms with van der Waals surface area (Å²) in [6.45, 7) is 3.31. The highest BCUT2D eigenvalue weighted by molar-refractivity contribution is 5.72. The van der Waals surface area contributed by atoms with Crippen LogP contribution in [-0.4, -0.2) is 41.3 Å². The first kappa shape index (κ1) is 19.9. The molecule has 0 rings (SSSR count). The van der Waals surface area contributed by atoms with E-state index in [1.807, 2.05) is 0 Å². The molecule has 0 aliphatic heterocycles. The summed E-state index contributed by atoms with van der Waals surface area (Å²) in [6.07, 6.45) is 7.06. The van der Waals surface area contributed by atoms with Crippen LogP contribution >= 0.6 is 0 Å². The molecule has 0 saturated heterocycles. The fourth-order valence-corrected chi connectivity index (χ4v) is 2.14. The smallest absolute Gasteiger partial charge is 0.320 e. The summed E-state index contributed by atoms with van der Waals surface area (Å²) in [4.78, 5) is 21.7. The Hall–Kier alpha value is -1.14. The van der Waals surface area contributed by atoms with Gasteiger partial charge in [0.25, 0.3) is 0 Å². The van der Waals surface area contributed by atoms with Crippen molar-refractivity contribution in [2.75, 3.05) is 13.1 Å². The molecule has 0 heterocycles. The molecule has 2 unspecified atom stereocenters. The number of unbranched alkanes of at least 4 members (excludes halogenated alkanes) is 4. The van der Waals surface area contributed by atoms with Gasteiger partial charge in [-0.05, 0) is 25.8 Å². The molecule has 0 radical (unpaired) electrons. The normalized spacial score (nSPS) is 13.8. The lowest BCUT2D eigenvalue weighted by molar-refractivity contribution is -0.142. The van der Waals surface area contributed by atoms with Crippen LogP contribution in [0, 0.1) is 5.92 Å². The average Bonchev–Trinajstić information content (AvgIpc) is 2.43. The highest BCUT2D eigenvalue weighted by atomic mass is 16.4. The number of nitrogens with two attached hydrogens (primary N) is 1. The third kappa shape index (κ3) is 11.2. The Labute approximate surface area is 127 Å². The van der Waals surface area contributed by atoms with Crippen LogP contribution in [0.15, 0.2) is 0 Å². The van der Waals surface area contributed by atoms with Gasteiger partial charge in [-0.2, -0.15) is 0 Å². The van der Waals surface area contributed by atoms with E-state index in [9.17, 15) is 9.59 Å². The zero-order valence-corrected chi connectivity index (χ0v) is 13.0. The molecular formula is C15H30N2O4. The number of nitrogens with one attached hydrogen (secondary N) is 1. The van der Waals surface area contributed by atoms with Gasteiger partial charge in [0, 0.05) is 6.54 Å². The number of hydrogen-bond acceptors (Lipinski definition) is 4. The monoisotopic (exact) mass is 302 g/mol. The molecule has 6 nitrogen and oxygen atoms in total. The number of carboxylic acids is 2. The van der Waals surface area contributed by atoms with E-state index in [-0.39, 0.29) is 5.92 Å². The van der Waals surface area contributed by atoms with Crippen molar-refractivity contribution in [3.8, 4) is 0 Å². The van der Waals surface area contributed by atoms with Crippen LogP contribution in [0.5, 0.6) is 0 Å². The summed E-state index contributed by atoms with van der Waals surface area (Å²) in [5.74, 6) is -2.05. The molecule has 0 bridgehead atoms. The Balaban J connectivity index is 3.65. The summed E-state index contributed by atoms with van der Waals surface area (Å²) >= 11 is 0. The Morgan fingerprint density at radius 2 is 1.67 bits per heavy atom. The quantitative estimate of drug-likeness (QED) is 0.364. The van der Waals surface area contributed by atoms with E-state index in [4.69, 9.17) is 15.9 Å². The van der Waals surface area contributed by atoms with Gasteiger partial charge in [0.2, 0.25) is 0 Å². The summed E-state index contributed by atoms with van der Waals surface area (Å²) < 4.78 is 0. The Kier molecular flexibility index (Phi) is 11.9. The summed E-state index contributed by atoms with van der Waals surface area (Å²) in [5.41, 5.74) is 5.40. The standard InChI is InChI=1S/C15H30N2O4/c1-2-3-4-5-8-12(14(18)19)11-17-10-7-6-9-13(16)15(20)21/h12-13,17H,2-11,16H2,1H3,(H,18,19)(H,20,21). The van der Waals surface area contributed by atoms with Crippen LogP contribution in [0.25, 0.3) is 0 Å². The van der Waals surface area contributed by atoms with E-state index >= 15 is 0 Å². The first-order valence-electron chi connectivity index (χ1n) is 7.91. The summed E-state index contributed by atoms with van der Waals surface area (Å²) in [5, 5.41) is 20.9. The van der Waals surface area contributed by atoms with Gasteiger partial charge >= 0.3 is 11.9 Å². The zero-order chi connectivity index (χ0) is 16.1. The molecule has 0 aromatic rings. The second-order valence-electron chi connectivity index (χ2n) is 5.53. The topological polar surface area (TPSA) is 113 Å². The minimum atomic E-state index is -0.971. The zero-order valence-electron chi connectivity index (χ0n) is 13.0. The van der Waals surface area contributed by atoms with Crippen molar-refractivity contribution < 1.29 is 19.8 Å². The first-order valence-corrected chi connectivity index (χ1v) is 7.91. The molecule has 5 N–H and O–H groups in total. The predicted molar refractivity (Wildman–Crippen MR) is 82.2 cm³/mol. The van der Waals surface area contributed by atoms with Gasteiger partial charge in [0.05, 0.1) is 5.92 Å². The van der Waals surface area contributed by atoms with Crippen LogP contribution in [0.2, 0.25) is 0 Å². The Morgan fingerprint density at radius 3 is 2.24 bits per heavy atom. The van der Waals surface area contributed by atoms with E-state index in [0.29, 0.717) is 25.9 Å². The fraction of sp³-hybridized carbons (Fsp3) is 0.867. The van der Waals surface area contributed by atoms with E-state index in [1.165, 1.54) is 0 Å². The van der Waals surface area contributed by atoms with E-state index in [2.05, 4.69) is 12.2 Å². The second-order valence-corrected chi connectivity index (χ2v) is 5.53. The number of carbonyl (C=O) groups is 2. The molecule has 0 aliphatic rings. The van der Waals surface area contributed by atoms with Crippen LogP contribution in [0.4, 0.5) is 0 Å². The summed E-state index contributed by atoms with van der Waals surface area (Å²) in [6, 6.07) is -0.796. The Morgan fingerprint density at radius 1 is 1.00 bits per heavy atom. The maximum atomic E-state index is 11.1. The maximum absolute atomic E-state index is 11.1. The lowest BCUT2D eigenvalue weighted by Gasteiger charge is -2.13. The number of carboxylic acid groups (broad SMARTS) is 2. The molecule has 0 amide bonds. The van der Waals surface area contributed by atoms with Gasteiger partial charge in [-0.3, -0.25) is 9.59 Å². The molecule has 0 aromatic heterocycles. The van der Waals surface area contributed by atoms with Crippen molar-refractivity contribution in [3.05, 3.63) is 0 Å². The molecular weight excluding hydrogens is 272 g/mol.